The third-order valence-corrected chi connectivity index (χ3v) is 5.55. The van der Waals surface area contributed by atoms with Crippen LogP contribution in [0.25, 0.3) is 5.69 Å². The van der Waals surface area contributed by atoms with Crippen LogP contribution in [0.5, 0.6) is 0 Å². The molecule has 0 saturated carbocycles. The number of nitrogens with one attached hydrogen (secondary N) is 2. The Hall–Kier alpha value is -3.26. The van der Waals surface area contributed by atoms with E-state index in [-0.39, 0.29) is 5.91 Å². The maximum atomic E-state index is 12.7. The van der Waals surface area contributed by atoms with E-state index in [0.29, 0.717) is 6.54 Å². The van der Waals surface area contributed by atoms with Gasteiger partial charge in [0.25, 0.3) is 5.91 Å². The fourth-order valence-corrected chi connectivity index (χ4v) is 3.83. The van der Waals surface area contributed by atoms with Gasteiger partial charge in [-0.1, -0.05) is 17.7 Å². The topological polar surface area (TPSA) is 80.4 Å². The molecule has 0 aliphatic carbocycles. The van der Waals surface area contributed by atoms with Crippen LogP contribution in [0.4, 0.5) is 11.6 Å². The number of amides is 1. The monoisotopic (exact) mass is 406 g/mol. The van der Waals surface area contributed by atoms with E-state index in [4.69, 9.17) is 0 Å². The van der Waals surface area contributed by atoms with Gasteiger partial charge in [0, 0.05) is 12.4 Å². The van der Waals surface area contributed by atoms with E-state index in [1.165, 1.54) is 10.5 Å². The summed E-state index contributed by atoms with van der Waals surface area (Å²) in [6.45, 7) is 9.87. The molecule has 0 atom stereocenters. The summed E-state index contributed by atoms with van der Waals surface area (Å²) in [5.41, 5.74) is 4.76. The molecule has 2 aromatic heterocycles. The van der Waals surface area contributed by atoms with E-state index >= 15 is 0 Å². The van der Waals surface area contributed by atoms with Gasteiger partial charge in [0.1, 0.15) is 0 Å². The second kappa shape index (κ2) is 8.62. The molecule has 8 nitrogen and oxygen atoms in total. The Morgan fingerprint density at radius 2 is 1.73 bits per heavy atom. The molecule has 8 heteroatoms. The minimum absolute atomic E-state index is 0.0177. The highest BCUT2D eigenvalue weighted by Gasteiger charge is 2.24. The molecule has 0 unspecified atom stereocenters. The Labute approximate surface area is 176 Å². The van der Waals surface area contributed by atoms with Crippen molar-refractivity contribution in [2.24, 2.45) is 0 Å². The lowest BCUT2D eigenvalue weighted by atomic mass is 10.2. The summed E-state index contributed by atoms with van der Waals surface area (Å²) in [6.07, 6.45) is 3.52. The standard InChI is InChI=1S/C22H27N7O/c1-16-5-7-19(8-6-16)29-18(3)21(17(2)26-29)25-20(30)15-27-11-13-28(14-12-27)22-23-9-4-10-24-22/h4-10H,11-15H2,1-3H3,(H,25,30)/p+1. The second-order valence-corrected chi connectivity index (χ2v) is 7.80. The van der Waals surface area contributed by atoms with Crippen LogP contribution in [-0.4, -0.2) is 58.4 Å². The average molecular weight is 407 g/mol. The van der Waals surface area contributed by atoms with Crippen LogP contribution >= 0.6 is 0 Å². The molecule has 0 radical (unpaired) electrons. The van der Waals surface area contributed by atoms with Crippen molar-refractivity contribution in [1.29, 1.82) is 0 Å². The van der Waals surface area contributed by atoms with Crippen molar-refractivity contribution in [3.63, 3.8) is 0 Å². The number of quaternary nitrogens is 1. The molecule has 156 valence electrons. The summed E-state index contributed by atoms with van der Waals surface area (Å²) in [5.74, 6) is 0.778. The number of hydrogen-bond acceptors (Lipinski definition) is 5. The van der Waals surface area contributed by atoms with Gasteiger partial charge in [0.15, 0.2) is 6.54 Å². The predicted octanol–water partition coefficient (Wildman–Crippen LogP) is 0.931. The van der Waals surface area contributed by atoms with E-state index in [0.717, 1.165) is 54.9 Å². The molecule has 30 heavy (non-hydrogen) atoms. The van der Waals surface area contributed by atoms with Crippen LogP contribution in [-0.2, 0) is 4.79 Å². The first-order valence-electron chi connectivity index (χ1n) is 10.3. The van der Waals surface area contributed by atoms with Crippen LogP contribution in [0.3, 0.4) is 0 Å². The highest BCUT2D eigenvalue weighted by molar-refractivity contribution is 5.92. The summed E-state index contributed by atoms with van der Waals surface area (Å²) in [6, 6.07) is 10.0. The van der Waals surface area contributed by atoms with Crippen molar-refractivity contribution in [2.75, 3.05) is 42.9 Å². The number of aromatic nitrogens is 4. The summed E-state index contributed by atoms with van der Waals surface area (Å²) in [4.78, 5) is 24.8. The maximum absolute atomic E-state index is 12.7. The number of carbonyl (C=O) groups excluding carboxylic acids is 1. The van der Waals surface area contributed by atoms with E-state index in [2.05, 4.69) is 44.3 Å². The SMILES string of the molecule is Cc1ccc(-n2nc(C)c(NC(=O)C[NH+]3CCN(c4ncccn4)CC3)c2C)cc1. The zero-order valence-electron chi connectivity index (χ0n) is 17.7. The fourth-order valence-electron chi connectivity index (χ4n) is 3.83. The third-order valence-electron chi connectivity index (χ3n) is 5.55. The number of hydrogen-bond donors (Lipinski definition) is 2. The van der Waals surface area contributed by atoms with Crippen molar-refractivity contribution < 1.29 is 9.69 Å². The van der Waals surface area contributed by atoms with Crippen molar-refractivity contribution in [3.8, 4) is 5.69 Å². The van der Waals surface area contributed by atoms with Gasteiger partial charge in [-0.15, -0.1) is 0 Å². The summed E-state index contributed by atoms with van der Waals surface area (Å²) >= 11 is 0. The number of carbonyl (C=O) groups is 1. The van der Waals surface area contributed by atoms with Crippen LogP contribution in [0.1, 0.15) is 17.0 Å². The minimum Gasteiger partial charge on any atom is -0.330 e. The fraction of sp³-hybridized carbons (Fsp3) is 0.364. The third kappa shape index (κ3) is 4.33. The molecule has 0 bridgehead atoms. The quantitative estimate of drug-likeness (QED) is 0.659. The number of nitrogens with zero attached hydrogens (tertiary/aromatic N) is 5. The maximum Gasteiger partial charge on any atom is 0.279 e. The molecule has 1 saturated heterocycles. The van der Waals surface area contributed by atoms with Crippen LogP contribution in [0.15, 0.2) is 42.7 Å². The van der Waals surface area contributed by atoms with Crippen molar-refractivity contribution in [1.82, 2.24) is 19.7 Å². The number of benzene rings is 1. The smallest absolute Gasteiger partial charge is 0.279 e. The Morgan fingerprint density at radius 3 is 2.40 bits per heavy atom. The number of aryl methyl sites for hydroxylation is 2. The van der Waals surface area contributed by atoms with Gasteiger partial charge in [-0.2, -0.15) is 5.10 Å². The molecule has 4 rings (SSSR count). The zero-order chi connectivity index (χ0) is 21.1. The van der Waals surface area contributed by atoms with Crippen molar-refractivity contribution in [3.05, 3.63) is 59.7 Å². The number of piperazine rings is 1. The lowest BCUT2D eigenvalue weighted by Gasteiger charge is -2.31. The average Bonchev–Trinajstić information content (AvgIpc) is 3.04. The van der Waals surface area contributed by atoms with Gasteiger partial charge in [0.2, 0.25) is 5.95 Å². The van der Waals surface area contributed by atoms with E-state index in [1.807, 2.05) is 36.7 Å². The second-order valence-electron chi connectivity index (χ2n) is 7.80. The van der Waals surface area contributed by atoms with Gasteiger partial charge < -0.3 is 15.1 Å². The molecule has 1 aromatic carbocycles. The van der Waals surface area contributed by atoms with Crippen molar-refractivity contribution >= 4 is 17.5 Å². The van der Waals surface area contributed by atoms with Crippen LogP contribution in [0, 0.1) is 20.8 Å². The van der Waals surface area contributed by atoms with Crippen LogP contribution < -0.4 is 15.1 Å². The Morgan fingerprint density at radius 1 is 1.07 bits per heavy atom. The molecule has 3 heterocycles. The van der Waals surface area contributed by atoms with Gasteiger partial charge in [-0.05, 0) is 39.0 Å². The molecule has 1 amide bonds. The molecule has 3 aromatic rings. The highest BCUT2D eigenvalue weighted by atomic mass is 16.2. The van der Waals surface area contributed by atoms with E-state index in [1.54, 1.807) is 12.4 Å². The molecule has 1 aliphatic rings. The normalized spacial score (nSPS) is 14.7. The minimum atomic E-state index is 0.0177. The van der Waals surface area contributed by atoms with Crippen LogP contribution in [0.2, 0.25) is 0 Å². The lowest BCUT2D eigenvalue weighted by Crippen LogP contribution is -3.15. The number of anilines is 2. The lowest BCUT2D eigenvalue weighted by molar-refractivity contribution is -0.892. The Balaban J connectivity index is 1.36. The summed E-state index contributed by atoms with van der Waals surface area (Å²) in [5, 5.41) is 7.72. The zero-order valence-corrected chi connectivity index (χ0v) is 17.7. The Kier molecular flexibility index (Phi) is 5.76. The summed E-state index contributed by atoms with van der Waals surface area (Å²) < 4.78 is 1.88. The molecule has 1 fully saturated rings. The Bertz CT molecular complexity index is 1010. The highest BCUT2D eigenvalue weighted by Crippen LogP contribution is 2.22. The van der Waals surface area contributed by atoms with Crippen molar-refractivity contribution in [2.45, 2.75) is 20.8 Å². The van der Waals surface area contributed by atoms with Gasteiger partial charge in [-0.25, -0.2) is 14.6 Å². The van der Waals surface area contributed by atoms with E-state index in [9.17, 15) is 4.79 Å². The van der Waals surface area contributed by atoms with Gasteiger partial charge in [0.05, 0.1) is 48.9 Å². The molecule has 1 aliphatic heterocycles. The largest absolute Gasteiger partial charge is 0.330 e. The molecular weight excluding hydrogens is 378 g/mol. The molecule has 2 N–H and O–H groups in total. The summed E-state index contributed by atoms with van der Waals surface area (Å²) in [7, 11) is 0. The first-order chi connectivity index (χ1) is 14.5. The van der Waals surface area contributed by atoms with Gasteiger partial charge in [-0.3, -0.25) is 4.79 Å². The molecular formula is C22H28N7O+. The van der Waals surface area contributed by atoms with E-state index < -0.39 is 0 Å². The predicted molar refractivity (Wildman–Crippen MR) is 116 cm³/mol. The van der Waals surface area contributed by atoms with Gasteiger partial charge >= 0.3 is 0 Å². The molecule has 0 spiro atoms. The number of rotatable bonds is 5. The first kappa shape index (κ1) is 20.0. The first-order valence-corrected chi connectivity index (χ1v) is 10.3.